The molecule has 2 fully saturated rings. The maximum absolute atomic E-state index is 13.8. The fourth-order valence-corrected chi connectivity index (χ4v) is 5.35. The van der Waals surface area contributed by atoms with Crippen molar-refractivity contribution in [3.05, 3.63) is 45.7 Å². The lowest BCUT2D eigenvalue weighted by molar-refractivity contribution is 0.442. The van der Waals surface area contributed by atoms with E-state index in [1.165, 1.54) is 0 Å². The van der Waals surface area contributed by atoms with Gasteiger partial charge in [-0.05, 0) is 44.2 Å². The summed E-state index contributed by atoms with van der Waals surface area (Å²) in [5.41, 5.74) is 7.74. The van der Waals surface area contributed by atoms with Gasteiger partial charge in [0.1, 0.15) is 5.52 Å². The molecule has 10 nitrogen and oxygen atoms in total. The predicted octanol–water partition coefficient (Wildman–Crippen LogP) is 2.76. The molecule has 1 atom stereocenters. The van der Waals surface area contributed by atoms with E-state index in [9.17, 15) is 4.79 Å². The van der Waals surface area contributed by atoms with Crippen molar-refractivity contribution in [1.29, 1.82) is 0 Å². The lowest BCUT2D eigenvalue weighted by atomic mass is 10.1. The summed E-state index contributed by atoms with van der Waals surface area (Å²) in [5.74, 6) is 1.56. The normalized spacial score (nSPS) is 19.1. The van der Waals surface area contributed by atoms with Gasteiger partial charge >= 0.3 is 0 Å². The molecule has 2 saturated heterocycles. The first-order valence-corrected chi connectivity index (χ1v) is 11.7. The van der Waals surface area contributed by atoms with Gasteiger partial charge in [-0.3, -0.25) is 4.79 Å². The molecule has 0 aliphatic carbocycles. The number of benzene rings is 1. The molecule has 33 heavy (non-hydrogen) atoms. The van der Waals surface area contributed by atoms with Crippen LogP contribution in [0.1, 0.15) is 44.0 Å². The molecule has 11 heteroatoms. The number of anilines is 2. The zero-order valence-corrected chi connectivity index (χ0v) is 18.8. The number of imidazole rings is 1. The van der Waals surface area contributed by atoms with E-state index in [-0.39, 0.29) is 17.5 Å². The van der Waals surface area contributed by atoms with Gasteiger partial charge in [0.05, 0.1) is 28.3 Å². The average molecular weight is 466 g/mol. The van der Waals surface area contributed by atoms with Crippen molar-refractivity contribution in [3.8, 4) is 0 Å². The zero-order chi connectivity index (χ0) is 22.5. The summed E-state index contributed by atoms with van der Waals surface area (Å²) in [6, 6.07) is 5.27. The van der Waals surface area contributed by atoms with Crippen LogP contribution in [0.25, 0.3) is 22.1 Å². The minimum atomic E-state index is -0.149. The first kappa shape index (κ1) is 20.2. The molecule has 2 aliphatic heterocycles. The molecule has 0 amide bonds. The summed E-state index contributed by atoms with van der Waals surface area (Å²) >= 11 is 6.46. The molecule has 4 aromatic rings. The van der Waals surface area contributed by atoms with Crippen molar-refractivity contribution in [3.63, 3.8) is 0 Å². The fourth-order valence-electron chi connectivity index (χ4n) is 5.10. The van der Waals surface area contributed by atoms with Crippen molar-refractivity contribution in [2.45, 2.75) is 38.1 Å². The lowest BCUT2D eigenvalue weighted by Crippen LogP contribution is -2.48. The van der Waals surface area contributed by atoms with Crippen LogP contribution in [-0.4, -0.2) is 49.2 Å². The van der Waals surface area contributed by atoms with Gasteiger partial charge in [-0.2, -0.15) is 9.97 Å². The van der Waals surface area contributed by atoms with Crippen molar-refractivity contribution in [2.75, 3.05) is 35.3 Å². The van der Waals surface area contributed by atoms with Crippen LogP contribution in [0.3, 0.4) is 0 Å². The van der Waals surface area contributed by atoms with Crippen molar-refractivity contribution < 1.29 is 0 Å². The van der Waals surface area contributed by atoms with Crippen LogP contribution in [0.15, 0.2) is 29.3 Å². The highest BCUT2D eigenvalue weighted by Gasteiger charge is 2.34. The van der Waals surface area contributed by atoms with E-state index in [4.69, 9.17) is 22.3 Å². The third kappa shape index (κ3) is 3.28. The van der Waals surface area contributed by atoms with E-state index in [2.05, 4.69) is 29.8 Å². The van der Waals surface area contributed by atoms with Gasteiger partial charge in [0.25, 0.3) is 5.56 Å². The minimum absolute atomic E-state index is 0.122. The van der Waals surface area contributed by atoms with Crippen LogP contribution in [0.4, 0.5) is 11.8 Å². The molecule has 1 aromatic carbocycles. The van der Waals surface area contributed by atoms with Crippen molar-refractivity contribution in [2.24, 2.45) is 0 Å². The molecule has 0 spiro atoms. The molecule has 0 unspecified atom stereocenters. The predicted molar refractivity (Wildman–Crippen MR) is 128 cm³/mol. The largest absolute Gasteiger partial charge is 0.368 e. The second-order valence-corrected chi connectivity index (χ2v) is 9.00. The second kappa shape index (κ2) is 7.87. The molecule has 0 saturated carbocycles. The Balaban J connectivity index is 1.56. The van der Waals surface area contributed by atoms with Crippen LogP contribution in [0.5, 0.6) is 0 Å². The van der Waals surface area contributed by atoms with E-state index in [0.29, 0.717) is 33.2 Å². The summed E-state index contributed by atoms with van der Waals surface area (Å²) < 4.78 is 1.77. The molecule has 2 aliphatic rings. The fraction of sp³-hybridized carbons (Fsp3) is 0.409. The van der Waals surface area contributed by atoms with Gasteiger partial charge in [0.2, 0.25) is 5.95 Å². The van der Waals surface area contributed by atoms with Crippen LogP contribution in [0.2, 0.25) is 5.02 Å². The van der Waals surface area contributed by atoms with Gasteiger partial charge < -0.3 is 20.6 Å². The minimum Gasteiger partial charge on any atom is -0.368 e. The van der Waals surface area contributed by atoms with E-state index >= 15 is 0 Å². The average Bonchev–Trinajstić information content (AvgIpc) is 3.48. The number of piperidine rings is 1. The summed E-state index contributed by atoms with van der Waals surface area (Å²) in [7, 11) is 0. The molecule has 5 heterocycles. The standard InChI is InChI=1S/C22H24ClN9O/c23-13-6-4-7-14-16(13)21(33)32(30-9-2-1-3-10-30)19(27-14)15-8-5-11-31(15)20-17-18(26-12-25-17)28-22(24)29-20/h4,6-7,12,15H,1-3,5,8-11H2,(H3,24,25,26,28,29)/t15-/m0/s1. The van der Waals surface area contributed by atoms with Crippen LogP contribution in [0, 0.1) is 0 Å². The number of hydrogen-bond donors (Lipinski definition) is 2. The number of aromatic nitrogens is 6. The topological polar surface area (TPSA) is 122 Å². The highest BCUT2D eigenvalue weighted by atomic mass is 35.5. The van der Waals surface area contributed by atoms with E-state index in [1.807, 2.05) is 12.1 Å². The molecule has 0 bridgehead atoms. The van der Waals surface area contributed by atoms with Gasteiger partial charge in [0.15, 0.2) is 17.3 Å². The number of nitrogens with one attached hydrogen (secondary N) is 1. The second-order valence-electron chi connectivity index (χ2n) is 8.59. The molecule has 3 aromatic heterocycles. The highest BCUT2D eigenvalue weighted by molar-refractivity contribution is 6.35. The first-order valence-electron chi connectivity index (χ1n) is 11.3. The Hall–Kier alpha value is -3.40. The third-order valence-corrected chi connectivity index (χ3v) is 6.89. The summed E-state index contributed by atoms with van der Waals surface area (Å²) in [6.07, 6.45) is 6.61. The SMILES string of the molecule is Nc1nc(N2CCC[C@H]2c2nc3cccc(Cl)c3c(=O)n2N2CCCCC2)c2[nH]cnc2n1. The Morgan fingerprint density at radius 2 is 1.91 bits per heavy atom. The maximum atomic E-state index is 13.8. The Morgan fingerprint density at radius 3 is 2.76 bits per heavy atom. The first-order chi connectivity index (χ1) is 16.1. The van der Waals surface area contributed by atoms with Crippen molar-refractivity contribution in [1.82, 2.24) is 29.6 Å². The van der Waals surface area contributed by atoms with E-state index in [1.54, 1.807) is 17.1 Å². The number of halogens is 1. The van der Waals surface area contributed by atoms with Gasteiger partial charge in [-0.15, -0.1) is 0 Å². The van der Waals surface area contributed by atoms with Crippen molar-refractivity contribution >= 4 is 45.4 Å². The zero-order valence-electron chi connectivity index (χ0n) is 18.0. The van der Waals surface area contributed by atoms with E-state index < -0.39 is 0 Å². The van der Waals surface area contributed by atoms with Crippen LogP contribution in [-0.2, 0) is 0 Å². The lowest BCUT2D eigenvalue weighted by Gasteiger charge is -2.35. The van der Waals surface area contributed by atoms with Crippen LogP contribution >= 0.6 is 11.6 Å². The molecule has 0 radical (unpaired) electrons. The third-order valence-electron chi connectivity index (χ3n) is 6.57. The number of fused-ring (bicyclic) bond motifs is 2. The number of nitrogens with zero attached hydrogens (tertiary/aromatic N) is 7. The van der Waals surface area contributed by atoms with E-state index in [0.717, 1.165) is 57.3 Å². The summed E-state index contributed by atoms with van der Waals surface area (Å²) in [6.45, 7) is 2.38. The monoisotopic (exact) mass is 465 g/mol. The number of aromatic amines is 1. The molecular weight excluding hydrogens is 442 g/mol. The quantitative estimate of drug-likeness (QED) is 0.473. The number of nitrogen functional groups attached to an aromatic ring is 1. The Morgan fingerprint density at radius 1 is 1.06 bits per heavy atom. The number of nitrogens with two attached hydrogens (primary N) is 1. The molecular formula is C22H24ClN9O. The number of rotatable bonds is 3. The maximum Gasteiger partial charge on any atom is 0.281 e. The van der Waals surface area contributed by atoms with Gasteiger partial charge in [0, 0.05) is 19.6 Å². The smallest absolute Gasteiger partial charge is 0.281 e. The summed E-state index contributed by atoms with van der Waals surface area (Å²) in [5, 5.41) is 3.00. The molecule has 170 valence electrons. The highest BCUT2D eigenvalue weighted by Crippen LogP contribution is 2.37. The summed E-state index contributed by atoms with van der Waals surface area (Å²) in [4.78, 5) is 37.2. The Bertz CT molecular complexity index is 1410. The van der Waals surface area contributed by atoms with Gasteiger partial charge in [-0.25, -0.2) is 14.6 Å². The Kier molecular flexibility index (Phi) is 4.83. The number of H-pyrrole nitrogens is 1. The van der Waals surface area contributed by atoms with Crippen LogP contribution < -0.4 is 21.2 Å². The Labute approximate surface area is 194 Å². The molecule has 6 rings (SSSR count). The number of hydrogen-bond acceptors (Lipinski definition) is 8. The van der Waals surface area contributed by atoms with Gasteiger partial charge in [-0.1, -0.05) is 17.7 Å². The molecule has 3 N–H and O–H groups in total.